The fraction of sp³-hybridized carbons (Fsp3) is 0.458. The van der Waals surface area contributed by atoms with E-state index in [4.69, 9.17) is 18.9 Å². The van der Waals surface area contributed by atoms with Crippen LogP contribution in [0.1, 0.15) is 38.8 Å². The van der Waals surface area contributed by atoms with Crippen LogP contribution in [0.15, 0.2) is 41.3 Å². The van der Waals surface area contributed by atoms with Gasteiger partial charge in [0.15, 0.2) is 11.5 Å². The first kappa shape index (κ1) is 25.6. The summed E-state index contributed by atoms with van der Waals surface area (Å²) in [5.74, 6) is 1.30. The van der Waals surface area contributed by atoms with Gasteiger partial charge in [0.1, 0.15) is 17.5 Å². The molecule has 34 heavy (non-hydrogen) atoms. The SMILES string of the molecule is COc1ccc(OC)c(C(C)NC(=O)C(NS(=O)(=O)c2ccc3c(c2)OCCCO3)C(C)C)c1. The number of hydrogen-bond acceptors (Lipinski definition) is 7. The van der Waals surface area contributed by atoms with Gasteiger partial charge in [-0.3, -0.25) is 4.79 Å². The second kappa shape index (κ2) is 11.0. The lowest BCUT2D eigenvalue weighted by Crippen LogP contribution is -2.50. The number of sulfonamides is 1. The van der Waals surface area contributed by atoms with Gasteiger partial charge in [-0.25, -0.2) is 8.42 Å². The zero-order valence-electron chi connectivity index (χ0n) is 20.1. The molecule has 1 heterocycles. The minimum atomic E-state index is -4.01. The highest BCUT2D eigenvalue weighted by atomic mass is 32.2. The first-order chi connectivity index (χ1) is 16.2. The predicted molar refractivity (Wildman–Crippen MR) is 127 cm³/mol. The van der Waals surface area contributed by atoms with Gasteiger partial charge in [0.2, 0.25) is 15.9 Å². The second-order valence-electron chi connectivity index (χ2n) is 8.34. The van der Waals surface area contributed by atoms with Crippen molar-refractivity contribution in [3.63, 3.8) is 0 Å². The van der Waals surface area contributed by atoms with E-state index in [1.165, 1.54) is 12.1 Å². The average molecular weight is 493 g/mol. The Labute approximate surface area is 200 Å². The van der Waals surface area contributed by atoms with Crippen molar-refractivity contribution in [3.8, 4) is 23.0 Å². The van der Waals surface area contributed by atoms with E-state index in [1.807, 2.05) is 0 Å². The van der Waals surface area contributed by atoms with E-state index >= 15 is 0 Å². The molecule has 0 saturated carbocycles. The summed E-state index contributed by atoms with van der Waals surface area (Å²) >= 11 is 0. The molecule has 1 amide bonds. The maximum atomic E-state index is 13.2. The molecule has 0 aliphatic carbocycles. The van der Waals surface area contributed by atoms with Gasteiger partial charge in [-0.15, -0.1) is 0 Å². The van der Waals surface area contributed by atoms with Crippen LogP contribution in [0.3, 0.4) is 0 Å². The number of ether oxygens (including phenoxy) is 4. The molecular weight excluding hydrogens is 460 g/mol. The molecule has 2 unspecified atom stereocenters. The number of amides is 1. The maximum Gasteiger partial charge on any atom is 0.241 e. The van der Waals surface area contributed by atoms with Crippen LogP contribution in [0.4, 0.5) is 0 Å². The molecule has 1 aliphatic rings. The zero-order chi connectivity index (χ0) is 24.9. The van der Waals surface area contributed by atoms with Gasteiger partial charge < -0.3 is 24.3 Å². The largest absolute Gasteiger partial charge is 0.497 e. The molecule has 2 N–H and O–H groups in total. The smallest absolute Gasteiger partial charge is 0.241 e. The first-order valence-electron chi connectivity index (χ1n) is 11.1. The highest BCUT2D eigenvalue weighted by molar-refractivity contribution is 7.89. The topological polar surface area (TPSA) is 112 Å². The summed E-state index contributed by atoms with van der Waals surface area (Å²) in [5.41, 5.74) is 0.712. The monoisotopic (exact) mass is 492 g/mol. The van der Waals surface area contributed by atoms with Crippen LogP contribution < -0.4 is 29.0 Å². The van der Waals surface area contributed by atoms with Crippen LogP contribution in [-0.4, -0.2) is 47.8 Å². The van der Waals surface area contributed by atoms with Crippen molar-refractivity contribution in [2.24, 2.45) is 5.92 Å². The molecule has 1 aliphatic heterocycles. The second-order valence-corrected chi connectivity index (χ2v) is 10.1. The molecule has 0 saturated heterocycles. The van der Waals surface area contributed by atoms with Crippen LogP contribution >= 0.6 is 0 Å². The van der Waals surface area contributed by atoms with Crippen molar-refractivity contribution in [3.05, 3.63) is 42.0 Å². The lowest BCUT2D eigenvalue weighted by Gasteiger charge is -2.25. The molecule has 2 atom stereocenters. The van der Waals surface area contributed by atoms with E-state index < -0.39 is 28.0 Å². The van der Waals surface area contributed by atoms with Gasteiger partial charge in [0, 0.05) is 18.1 Å². The molecule has 0 radical (unpaired) electrons. The number of nitrogens with one attached hydrogen (secondary N) is 2. The predicted octanol–water partition coefficient (Wildman–Crippen LogP) is 3.05. The zero-order valence-corrected chi connectivity index (χ0v) is 20.9. The fourth-order valence-electron chi connectivity index (χ4n) is 3.60. The average Bonchev–Trinajstić information content (AvgIpc) is 3.06. The standard InChI is InChI=1S/C24H32N2O7S/c1-15(2)23(24(27)25-16(3)19-13-17(30-4)7-9-20(19)31-5)26-34(28,29)18-8-10-21-22(14-18)33-12-6-11-32-21/h7-10,13-16,23,26H,6,11-12H2,1-5H3,(H,25,27). The van der Waals surface area contributed by atoms with E-state index in [0.29, 0.717) is 48.2 Å². The van der Waals surface area contributed by atoms with Gasteiger partial charge in [-0.1, -0.05) is 13.8 Å². The molecular formula is C24H32N2O7S. The van der Waals surface area contributed by atoms with Gasteiger partial charge in [0.05, 0.1) is 38.4 Å². The Bertz CT molecular complexity index is 1120. The quantitative estimate of drug-likeness (QED) is 0.553. The lowest BCUT2D eigenvalue weighted by atomic mass is 10.0. The molecule has 186 valence electrons. The van der Waals surface area contributed by atoms with Crippen LogP contribution in [-0.2, 0) is 14.8 Å². The van der Waals surface area contributed by atoms with Gasteiger partial charge in [-0.05, 0) is 43.2 Å². The minimum absolute atomic E-state index is 0.00212. The van der Waals surface area contributed by atoms with Gasteiger partial charge in [0.25, 0.3) is 0 Å². The third-order valence-corrected chi connectivity index (χ3v) is 6.96. The number of fused-ring (bicyclic) bond motifs is 1. The van der Waals surface area contributed by atoms with E-state index in [0.717, 1.165) is 0 Å². The highest BCUT2D eigenvalue weighted by Crippen LogP contribution is 2.32. The van der Waals surface area contributed by atoms with Gasteiger partial charge in [-0.2, -0.15) is 4.72 Å². The Morgan fingerprint density at radius 3 is 2.32 bits per heavy atom. The number of benzene rings is 2. The summed E-state index contributed by atoms with van der Waals surface area (Å²) < 4.78 is 50.7. The number of methoxy groups -OCH3 is 2. The number of rotatable bonds is 9. The van der Waals surface area contributed by atoms with Crippen molar-refractivity contribution < 1.29 is 32.2 Å². The Morgan fingerprint density at radius 1 is 0.971 bits per heavy atom. The summed E-state index contributed by atoms with van der Waals surface area (Å²) in [5, 5.41) is 2.89. The summed E-state index contributed by atoms with van der Waals surface area (Å²) in [6, 6.07) is 8.26. The van der Waals surface area contributed by atoms with Crippen molar-refractivity contribution in [1.29, 1.82) is 0 Å². The van der Waals surface area contributed by atoms with Crippen molar-refractivity contribution in [1.82, 2.24) is 10.0 Å². The summed E-state index contributed by atoms with van der Waals surface area (Å²) in [6.45, 7) is 6.29. The Balaban J connectivity index is 1.79. The molecule has 10 heteroatoms. The van der Waals surface area contributed by atoms with E-state index in [1.54, 1.807) is 59.3 Å². The van der Waals surface area contributed by atoms with Crippen LogP contribution in [0.25, 0.3) is 0 Å². The summed E-state index contributed by atoms with van der Waals surface area (Å²) in [7, 11) is -0.914. The van der Waals surface area contributed by atoms with Crippen LogP contribution in [0.5, 0.6) is 23.0 Å². The fourth-order valence-corrected chi connectivity index (χ4v) is 4.96. The molecule has 0 bridgehead atoms. The minimum Gasteiger partial charge on any atom is -0.497 e. The Hall–Kier alpha value is -2.98. The molecule has 2 aromatic rings. The third-order valence-electron chi connectivity index (χ3n) is 5.52. The summed E-state index contributed by atoms with van der Waals surface area (Å²) in [4.78, 5) is 13.2. The summed E-state index contributed by atoms with van der Waals surface area (Å²) in [6.07, 6.45) is 0.709. The third kappa shape index (κ3) is 5.92. The normalized spacial score (nSPS) is 15.2. The molecule has 3 rings (SSSR count). The Morgan fingerprint density at radius 2 is 1.68 bits per heavy atom. The van der Waals surface area contributed by atoms with Crippen molar-refractivity contribution >= 4 is 15.9 Å². The molecule has 0 spiro atoms. The molecule has 0 fully saturated rings. The van der Waals surface area contributed by atoms with Crippen LogP contribution in [0, 0.1) is 5.92 Å². The maximum absolute atomic E-state index is 13.2. The first-order valence-corrected chi connectivity index (χ1v) is 12.6. The van der Waals surface area contributed by atoms with Gasteiger partial charge >= 0.3 is 0 Å². The number of carbonyl (C=O) groups excluding carboxylic acids is 1. The van der Waals surface area contributed by atoms with E-state index in [-0.39, 0.29) is 10.8 Å². The molecule has 2 aromatic carbocycles. The highest BCUT2D eigenvalue weighted by Gasteiger charge is 2.30. The molecule has 9 nitrogen and oxygen atoms in total. The van der Waals surface area contributed by atoms with Crippen molar-refractivity contribution in [2.45, 2.75) is 44.2 Å². The number of hydrogen-bond donors (Lipinski definition) is 2. The van der Waals surface area contributed by atoms with Crippen LogP contribution in [0.2, 0.25) is 0 Å². The van der Waals surface area contributed by atoms with Crippen molar-refractivity contribution in [2.75, 3.05) is 27.4 Å². The number of carbonyl (C=O) groups is 1. The Kier molecular flexibility index (Phi) is 8.27. The molecule has 0 aromatic heterocycles. The lowest BCUT2D eigenvalue weighted by molar-refractivity contribution is -0.124. The van der Waals surface area contributed by atoms with E-state index in [9.17, 15) is 13.2 Å². The van der Waals surface area contributed by atoms with E-state index in [2.05, 4.69) is 10.0 Å².